The molecule has 0 unspecified atom stereocenters. The Morgan fingerprint density at radius 1 is 1.03 bits per heavy atom. The molecule has 39 heavy (non-hydrogen) atoms. The average Bonchev–Trinajstić information content (AvgIpc) is 3.34. The first-order chi connectivity index (χ1) is 18.7. The van der Waals surface area contributed by atoms with Gasteiger partial charge in [-0.15, -0.1) is 0 Å². The maximum atomic E-state index is 13.7. The van der Waals surface area contributed by atoms with Gasteiger partial charge < -0.3 is 15.0 Å². The highest BCUT2D eigenvalue weighted by atomic mass is 32.2. The standard InChI is InChI=1S/C29H34N4O5S/c1-4-32(24-12-14-25(15-13-24)38-5-2)28(34)26(20-22-9-7-6-8-10-22)30-29(35)31-39(36,37)33-18-17-23-19-21(3)11-16-27(23)33/h6-16,19,26H,4-5,17-18,20H2,1-3H3,(H2,30,31,35)/t26-/m0/s1. The number of aryl methyl sites for hydroxylation is 1. The lowest BCUT2D eigenvalue weighted by Gasteiger charge is -2.28. The first-order valence-electron chi connectivity index (χ1n) is 13.0. The summed E-state index contributed by atoms with van der Waals surface area (Å²) in [5.41, 5.74) is 3.96. The smallest absolute Gasteiger partial charge is 0.330 e. The third-order valence-corrected chi connectivity index (χ3v) is 7.93. The summed E-state index contributed by atoms with van der Waals surface area (Å²) in [4.78, 5) is 28.3. The molecule has 0 fully saturated rings. The van der Waals surface area contributed by atoms with Gasteiger partial charge in [0.25, 0.3) is 0 Å². The second kappa shape index (κ2) is 12.2. The highest BCUT2D eigenvalue weighted by molar-refractivity contribution is 7.91. The van der Waals surface area contributed by atoms with E-state index in [1.54, 1.807) is 35.2 Å². The molecule has 0 aromatic heterocycles. The van der Waals surface area contributed by atoms with E-state index in [1.807, 2.05) is 63.2 Å². The highest BCUT2D eigenvalue weighted by Crippen LogP contribution is 2.30. The topological polar surface area (TPSA) is 108 Å². The Hall–Kier alpha value is -4.05. The number of amides is 3. The molecule has 10 heteroatoms. The molecule has 1 heterocycles. The molecular formula is C29H34N4O5S. The number of urea groups is 1. The van der Waals surface area contributed by atoms with Gasteiger partial charge in [-0.1, -0.05) is 48.0 Å². The quantitative estimate of drug-likeness (QED) is 0.397. The number of nitrogens with one attached hydrogen (secondary N) is 2. The first kappa shape index (κ1) is 28.0. The molecule has 206 valence electrons. The molecule has 0 aliphatic carbocycles. The van der Waals surface area contributed by atoms with E-state index in [2.05, 4.69) is 10.0 Å². The maximum absolute atomic E-state index is 13.7. The number of fused-ring (bicyclic) bond motifs is 1. The Morgan fingerprint density at radius 2 is 1.74 bits per heavy atom. The van der Waals surface area contributed by atoms with Gasteiger partial charge in [-0.05, 0) is 68.7 Å². The second-order valence-corrected chi connectivity index (χ2v) is 10.9. The van der Waals surface area contributed by atoms with Gasteiger partial charge in [-0.3, -0.25) is 9.10 Å². The van der Waals surface area contributed by atoms with Crippen LogP contribution in [-0.4, -0.2) is 46.1 Å². The molecule has 1 aliphatic heterocycles. The Bertz CT molecular complexity index is 1410. The number of hydrogen-bond acceptors (Lipinski definition) is 5. The maximum Gasteiger partial charge on any atom is 0.330 e. The predicted octanol–water partition coefficient (Wildman–Crippen LogP) is 3.96. The highest BCUT2D eigenvalue weighted by Gasteiger charge is 2.33. The van der Waals surface area contributed by atoms with Gasteiger partial charge >= 0.3 is 16.2 Å². The number of nitrogens with zero attached hydrogens (tertiary/aromatic N) is 2. The van der Waals surface area contributed by atoms with Crippen LogP contribution in [0, 0.1) is 6.92 Å². The van der Waals surface area contributed by atoms with Crippen molar-refractivity contribution in [2.45, 2.75) is 39.7 Å². The molecule has 0 bridgehead atoms. The number of anilines is 2. The number of ether oxygens (including phenoxy) is 1. The molecule has 2 N–H and O–H groups in total. The number of carbonyl (C=O) groups is 2. The zero-order chi connectivity index (χ0) is 28.0. The van der Waals surface area contributed by atoms with E-state index in [0.29, 0.717) is 36.7 Å². The molecular weight excluding hydrogens is 516 g/mol. The first-order valence-corrected chi connectivity index (χ1v) is 14.4. The van der Waals surface area contributed by atoms with Crippen molar-refractivity contribution in [1.82, 2.24) is 10.0 Å². The predicted molar refractivity (Wildman–Crippen MR) is 152 cm³/mol. The van der Waals surface area contributed by atoms with Crippen molar-refractivity contribution in [3.8, 4) is 5.75 Å². The van der Waals surface area contributed by atoms with Gasteiger partial charge in [0, 0.05) is 25.2 Å². The summed E-state index contributed by atoms with van der Waals surface area (Å²) in [5, 5.41) is 2.62. The second-order valence-electron chi connectivity index (χ2n) is 9.29. The minimum absolute atomic E-state index is 0.187. The van der Waals surface area contributed by atoms with Gasteiger partial charge in [0.15, 0.2) is 0 Å². The molecule has 4 rings (SSSR count). The van der Waals surface area contributed by atoms with Crippen LogP contribution in [0.2, 0.25) is 0 Å². The molecule has 9 nitrogen and oxygen atoms in total. The summed E-state index contributed by atoms with van der Waals surface area (Å²) in [6, 6.07) is 19.9. The fraction of sp³-hybridized carbons (Fsp3) is 0.310. The SMILES string of the molecule is CCOc1ccc(N(CC)C(=O)[C@H](Cc2ccccc2)NC(=O)NS(=O)(=O)N2CCc3cc(C)ccc32)cc1. The molecule has 0 radical (unpaired) electrons. The molecule has 0 saturated heterocycles. The minimum atomic E-state index is -4.19. The van der Waals surface area contributed by atoms with Gasteiger partial charge in [0.2, 0.25) is 5.91 Å². The fourth-order valence-corrected chi connectivity index (χ4v) is 5.87. The van der Waals surface area contributed by atoms with Crippen LogP contribution in [0.1, 0.15) is 30.5 Å². The van der Waals surface area contributed by atoms with Crippen LogP contribution < -0.4 is 24.0 Å². The zero-order valence-electron chi connectivity index (χ0n) is 22.4. The Kier molecular flexibility index (Phi) is 8.75. The van der Waals surface area contributed by atoms with Crippen molar-refractivity contribution in [3.63, 3.8) is 0 Å². The van der Waals surface area contributed by atoms with E-state index in [4.69, 9.17) is 4.74 Å². The molecule has 0 spiro atoms. The zero-order valence-corrected chi connectivity index (χ0v) is 23.2. The van der Waals surface area contributed by atoms with Gasteiger partial charge in [-0.25, -0.2) is 9.52 Å². The molecule has 3 amide bonds. The monoisotopic (exact) mass is 550 g/mol. The average molecular weight is 551 g/mol. The Morgan fingerprint density at radius 3 is 2.41 bits per heavy atom. The summed E-state index contributed by atoms with van der Waals surface area (Å²) >= 11 is 0. The summed E-state index contributed by atoms with van der Waals surface area (Å²) in [6.07, 6.45) is 0.745. The summed E-state index contributed by atoms with van der Waals surface area (Å²) in [5.74, 6) is 0.326. The minimum Gasteiger partial charge on any atom is -0.494 e. The van der Waals surface area contributed by atoms with Crippen LogP contribution in [0.5, 0.6) is 5.75 Å². The molecule has 1 atom stereocenters. The van der Waals surface area contributed by atoms with E-state index >= 15 is 0 Å². The van der Waals surface area contributed by atoms with E-state index in [9.17, 15) is 18.0 Å². The number of hydrogen-bond donors (Lipinski definition) is 2. The van der Waals surface area contributed by atoms with Crippen molar-refractivity contribution in [2.75, 3.05) is 28.9 Å². The van der Waals surface area contributed by atoms with Crippen LogP contribution in [0.3, 0.4) is 0 Å². The normalized spacial score (nSPS) is 13.4. The molecule has 0 saturated carbocycles. The molecule has 1 aliphatic rings. The Labute approximate surface area is 230 Å². The summed E-state index contributed by atoms with van der Waals surface area (Å²) in [7, 11) is -4.19. The molecule has 3 aromatic carbocycles. The lowest BCUT2D eigenvalue weighted by molar-refractivity contribution is -0.120. The van der Waals surface area contributed by atoms with E-state index in [1.165, 1.54) is 4.31 Å². The van der Waals surface area contributed by atoms with Crippen molar-refractivity contribution in [2.24, 2.45) is 0 Å². The van der Waals surface area contributed by atoms with E-state index in [0.717, 1.165) is 16.7 Å². The van der Waals surface area contributed by atoms with Crippen LogP contribution in [0.15, 0.2) is 72.8 Å². The number of carbonyl (C=O) groups excluding carboxylic acids is 2. The van der Waals surface area contributed by atoms with Gasteiger partial charge in [0.1, 0.15) is 11.8 Å². The van der Waals surface area contributed by atoms with Crippen molar-refractivity contribution >= 4 is 33.5 Å². The third-order valence-electron chi connectivity index (χ3n) is 6.53. The van der Waals surface area contributed by atoms with Crippen molar-refractivity contribution < 1.29 is 22.7 Å². The summed E-state index contributed by atoms with van der Waals surface area (Å²) < 4.78 is 35.1. The van der Waals surface area contributed by atoms with E-state index < -0.39 is 22.3 Å². The van der Waals surface area contributed by atoms with Gasteiger partial charge in [-0.2, -0.15) is 8.42 Å². The van der Waals surface area contributed by atoms with Gasteiger partial charge in [0.05, 0.1) is 12.3 Å². The lowest BCUT2D eigenvalue weighted by atomic mass is 10.0. The fourth-order valence-electron chi connectivity index (χ4n) is 4.70. The Balaban J connectivity index is 1.53. The van der Waals surface area contributed by atoms with Crippen molar-refractivity contribution in [1.29, 1.82) is 0 Å². The molecule has 3 aromatic rings. The van der Waals surface area contributed by atoms with E-state index in [-0.39, 0.29) is 18.9 Å². The lowest BCUT2D eigenvalue weighted by Crippen LogP contribution is -2.55. The van der Waals surface area contributed by atoms with Crippen LogP contribution in [0.25, 0.3) is 0 Å². The summed E-state index contributed by atoms with van der Waals surface area (Å²) in [6.45, 7) is 6.79. The van der Waals surface area contributed by atoms with Crippen LogP contribution >= 0.6 is 0 Å². The third kappa shape index (κ3) is 6.69. The largest absolute Gasteiger partial charge is 0.494 e. The number of likely N-dealkylation sites (N-methyl/N-ethyl adjacent to an activating group) is 1. The van der Waals surface area contributed by atoms with Crippen LogP contribution in [0.4, 0.5) is 16.2 Å². The number of rotatable bonds is 10. The number of benzene rings is 3. The van der Waals surface area contributed by atoms with Crippen LogP contribution in [-0.2, 0) is 27.8 Å². The van der Waals surface area contributed by atoms with Crippen molar-refractivity contribution in [3.05, 3.63) is 89.5 Å².